The van der Waals surface area contributed by atoms with Crippen LogP contribution in [0.1, 0.15) is 48.1 Å². The van der Waals surface area contributed by atoms with Crippen LogP contribution < -0.4 is 5.32 Å². The summed E-state index contributed by atoms with van der Waals surface area (Å²) in [6, 6.07) is 14.0. The number of carbonyl (C=O) groups is 1. The van der Waals surface area contributed by atoms with Gasteiger partial charge >= 0.3 is 0 Å². The van der Waals surface area contributed by atoms with Crippen LogP contribution in [0.15, 0.2) is 42.5 Å². The van der Waals surface area contributed by atoms with Gasteiger partial charge in [-0.05, 0) is 62.4 Å². The lowest BCUT2D eigenvalue weighted by Crippen LogP contribution is -2.36. The van der Waals surface area contributed by atoms with E-state index in [-0.39, 0.29) is 17.4 Å². The van der Waals surface area contributed by atoms with E-state index in [0.29, 0.717) is 5.02 Å². The van der Waals surface area contributed by atoms with Gasteiger partial charge in [-0.3, -0.25) is 4.79 Å². The summed E-state index contributed by atoms with van der Waals surface area (Å²) >= 11 is 5.96. The van der Waals surface area contributed by atoms with E-state index in [9.17, 15) is 4.79 Å². The third-order valence-corrected chi connectivity index (χ3v) is 5.08. The number of hydrogen-bond acceptors (Lipinski definition) is 1. The van der Waals surface area contributed by atoms with E-state index < -0.39 is 0 Å². The summed E-state index contributed by atoms with van der Waals surface area (Å²) in [6.07, 6.45) is 1.81. The van der Waals surface area contributed by atoms with Crippen LogP contribution in [0.25, 0.3) is 0 Å². The Morgan fingerprint density at radius 3 is 2.39 bits per heavy atom. The highest BCUT2D eigenvalue weighted by Gasteiger charge is 2.51. The summed E-state index contributed by atoms with van der Waals surface area (Å²) in [5, 5.41) is 3.91. The van der Waals surface area contributed by atoms with Crippen LogP contribution in [-0.2, 0) is 10.2 Å². The molecule has 2 nitrogen and oxygen atoms in total. The lowest BCUT2D eigenvalue weighted by molar-refractivity contribution is -0.124. The second kappa shape index (κ2) is 6.01. The van der Waals surface area contributed by atoms with Crippen LogP contribution in [0.4, 0.5) is 0 Å². The zero-order valence-corrected chi connectivity index (χ0v) is 14.6. The maximum atomic E-state index is 12.8. The first-order valence-electron chi connectivity index (χ1n) is 8.06. The topological polar surface area (TPSA) is 29.1 Å². The van der Waals surface area contributed by atoms with Crippen molar-refractivity contribution < 1.29 is 4.79 Å². The fourth-order valence-electron chi connectivity index (χ4n) is 3.18. The Kier molecular flexibility index (Phi) is 4.20. The molecule has 1 amide bonds. The molecule has 1 aliphatic rings. The van der Waals surface area contributed by atoms with Crippen molar-refractivity contribution in [2.45, 2.75) is 45.1 Å². The molecule has 1 fully saturated rings. The van der Waals surface area contributed by atoms with Crippen LogP contribution in [0, 0.1) is 13.8 Å². The molecule has 0 aliphatic heterocycles. The summed E-state index contributed by atoms with van der Waals surface area (Å²) in [4.78, 5) is 12.8. The fraction of sp³-hybridized carbons (Fsp3) is 0.350. The van der Waals surface area contributed by atoms with Gasteiger partial charge in [0, 0.05) is 5.02 Å². The molecule has 0 heterocycles. The highest BCUT2D eigenvalue weighted by molar-refractivity contribution is 6.30. The highest BCUT2D eigenvalue weighted by Crippen LogP contribution is 2.49. The minimum Gasteiger partial charge on any atom is -0.349 e. The Labute approximate surface area is 142 Å². The van der Waals surface area contributed by atoms with E-state index in [0.717, 1.165) is 18.4 Å². The average molecular weight is 328 g/mol. The molecule has 1 unspecified atom stereocenters. The van der Waals surface area contributed by atoms with Crippen LogP contribution in [0.5, 0.6) is 0 Å². The first-order valence-corrected chi connectivity index (χ1v) is 8.44. The van der Waals surface area contributed by atoms with Crippen LogP contribution >= 0.6 is 11.6 Å². The maximum absolute atomic E-state index is 12.8. The number of aryl methyl sites for hydroxylation is 2. The Hall–Kier alpha value is -1.80. The molecule has 1 aliphatic carbocycles. The van der Waals surface area contributed by atoms with Gasteiger partial charge < -0.3 is 5.32 Å². The van der Waals surface area contributed by atoms with Crippen LogP contribution in [0.2, 0.25) is 5.02 Å². The van der Waals surface area contributed by atoms with Gasteiger partial charge in [-0.25, -0.2) is 0 Å². The number of carbonyl (C=O) groups excluding carboxylic acids is 1. The zero-order valence-electron chi connectivity index (χ0n) is 13.8. The quantitative estimate of drug-likeness (QED) is 0.853. The van der Waals surface area contributed by atoms with Gasteiger partial charge in [0.2, 0.25) is 5.91 Å². The van der Waals surface area contributed by atoms with Crippen molar-refractivity contribution in [2.75, 3.05) is 0 Å². The number of hydrogen-bond donors (Lipinski definition) is 1. The van der Waals surface area contributed by atoms with Gasteiger partial charge in [0.1, 0.15) is 0 Å². The Bertz CT molecular complexity index is 732. The second-order valence-electron chi connectivity index (χ2n) is 6.64. The molecule has 120 valence electrons. The van der Waals surface area contributed by atoms with E-state index in [2.05, 4.69) is 44.3 Å². The van der Waals surface area contributed by atoms with Crippen LogP contribution in [-0.4, -0.2) is 5.91 Å². The number of nitrogens with one attached hydrogen (secondary N) is 1. The van der Waals surface area contributed by atoms with Gasteiger partial charge in [-0.2, -0.15) is 0 Å². The summed E-state index contributed by atoms with van der Waals surface area (Å²) in [5.74, 6) is 0.119. The summed E-state index contributed by atoms with van der Waals surface area (Å²) < 4.78 is 0. The van der Waals surface area contributed by atoms with Gasteiger partial charge in [0.15, 0.2) is 0 Å². The van der Waals surface area contributed by atoms with Crippen molar-refractivity contribution in [1.29, 1.82) is 0 Å². The van der Waals surface area contributed by atoms with E-state index in [1.165, 1.54) is 16.7 Å². The molecule has 0 radical (unpaired) electrons. The SMILES string of the molecule is Cc1ccc(C)c(C(C)NC(=O)C2(c3ccc(Cl)cc3)CC2)c1. The fourth-order valence-corrected chi connectivity index (χ4v) is 3.31. The second-order valence-corrected chi connectivity index (χ2v) is 7.08. The molecule has 1 atom stereocenters. The number of rotatable bonds is 4. The first-order chi connectivity index (χ1) is 10.9. The molecule has 0 spiro atoms. The molecule has 3 heteroatoms. The van der Waals surface area contributed by atoms with Crippen molar-refractivity contribution in [3.05, 3.63) is 69.7 Å². The maximum Gasteiger partial charge on any atom is 0.231 e. The average Bonchev–Trinajstić information content (AvgIpc) is 3.32. The van der Waals surface area contributed by atoms with Crippen molar-refractivity contribution in [3.8, 4) is 0 Å². The Morgan fingerprint density at radius 2 is 1.78 bits per heavy atom. The Morgan fingerprint density at radius 1 is 1.13 bits per heavy atom. The minimum absolute atomic E-state index is 0.00664. The smallest absolute Gasteiger partial charge is 0.231 e. The van der Waals surface area contributed by atoms with Gasteiger partial charge in [-0.1, -0.05) is 47.5 Å². The minimum atomic E-state index is -0.365. The molecular weight excluding hydrogens is 306 g/mol. The van der Waals surface area contributed by atoms with E-state index in [4.69, 9.17) is 11.6 Å². The third-order valence-electron chi connectivity index (χ3n) is 4.83. The lowest BCUT2D eigenvalue weighted by Gasteiger charge is -2.22. The number of amides is 1. The molecule has 0 saturated heterocycles. The van der Waals surface area contributed by atoms with Crippen molar-refractivity contribution in [2.24, 2.45) is 0 Å². The largest absolute Gasteiger partial charge is 0.349 e. The molecule has 2 aromatic carbocycles. The number of halogens is 1. The normalized spacial score (nSPS) is 16.7. The summed E-state index contributed by atoms with van der Waals surface area (Å²) in [6.45, 7) is 6.22. The van der Waals surface area contributed by atoms with E-state index in [1.807, 2.05) is 24.3 Å². The molecular formula is C20H22ClNO. The summed E-state index contributed by atoms with van der Waals surface area (Å²) in [5.41, 5.74) is 4.31. The monoisotopic (exact) mass is 327 g/mol. The highest BCUT2D eigenvalue weighted by atomic mass is 35.5. The molecule has 0 bridgehead atoms. The lowest BCUT2D eigenvalue weighted by atomic mass is 9.93. The molecule has 23 heavy (non-hydrogen) atoms. The predicted molar refractivity (Wildman–Crippen MR) is 94.8 cm³/mol. The van der Waals surface area contributed by atoms with Crippen molar-refractivity contribution in [3.63, 3.8) is 0 Å². The van der Waals surface area contributed by atoms with Crippen LogP contribution in [0.3, 0.4) is 0 Å². The predicted octanol–water partition coefficient (Wildman–Crippen LogP) is 4.87. The number of benzene rings is 2. The molecule has 1 N–H and O–H groups in total. The standard InChI is InChI=1S/C20H22ClNO/c1-13-4-5-14(2)18(12-13)15(3)22-19(23)20(10-11-20)16-6-8-17(21)9-7-16/h4-9,12,15H,10-11H2,1-3H3,(H,22,23). The molecule has 2 aromatic rings. The third kappa shape index (κ3) is 3.13. The Balaban J connectivity index is 1.78. The first kappa shape index (κ1) is 16.1. The van der Waals surface area contributed by atoms with Gasteiger partial charge in [-0.15, -0.1) is 0 Å². The van der Waals surface area contributed by atoms with Gasteiger partial charge in [0.05, 0.1) is 11.5 Å². The zero-order chi connectivity index (χ0) is 16.6. The molecule has 0 aromatic heterocycles. The van der Waals surface area contributed by atoms with Crippen molar-refractivity contribution >= 4 is 17.5 Å². The molecule has 3 rings (SSSR count). The molecule has 1 saturated carbocycles. The van der Waals surface area contributed by atoms with Gasteiger partial charge in [0.25, 0.3) is 0 Å². The van der Waals surface area contributed by atoms with E-state index in [1.54, 1.807) is 0 Å². The van der Waals surface area contributed by atoms with E-state index >= 15 is 0 Å². The summed E-state index contributed by atoms with van der Waals surface area (Å²) in [7, 11) is 0. The van der Waals surface area contributed by atoms with Crippen molar-refractivity contribution in [1.82, 2.24) is 5.32 Å².